The van der Waals surface area contributed by atoms with E-state index in [4.69, 9.17) is 9.47 Å². The number of aromatic amines is 1. The molecular formula is C30H26N4O5S. The topological polar surface area (TPSA) is 123 Å². The molecule has 0 radical (unpaired) electrons. The average molecular weight is 555 g/mol. The summed E-state index contributed by atoms with van der Waals surface area (Å²) in [6.07, 6.45) is 0.0171. The highest BCUT2D eigenvalue weighted by Crippen LogP contribution is 2.21. The van der Waals surface area contributed by atoms with E-state index in [-0.39, 0.29) is 17.9 Å². The minimum absolute atomic E-state index is 0.0171. The van der Waals surface area contributed by atoms with Crippen LogP contribution in [0.1, 0.15) is 32.2 Å². The summed E-state index contributed by atoms with van der Waals surface area (Å²) in [6.45, 7) is 2.35. The molecule has 1 amide bonds. The molecule has 0 saturated carbocycles. The van der Waals surface area contributed by atoms with E-state index >= 15 is 0 Å². The quantitative estimate of drug-likeness (QED) is 0.246. The minimum atomic E-state index is -1.03. The smallest absolute Gasteiger partial charge is 0.329 e. The number of ether oxygens (including phenoxy) is 2. The van der Waals surface area contributed by atoms with Gasteiger partial charge < -0.3 is 14.8 Å². The van der Waals surface area contributed by atoms with Crippen LogP contribution in [0.25, 0.3) is 10.9 Å². The second-order valence-corrected chi connectivity index (χ2v) is 10.1. The Bertz CT molecular complexity index is 1680. The Hall–Kier alpha value is -4.83. The van der Waals surface area contributed by atoms with Crippen LogP contribution in [-0.4, -0.2) is 33.1 Å². The number of nitrogens with one attached hydrogen (secondary N) is 2. The van der Waals surface area contributed by atoms with Gasteiger partial charge in [0.1, 0.15) is 30.0 Å². The number of H-pyrrole nitrogens is 1. The van der Waals surface area contributed by atoms with Crippen molar-refractivity contribution in [2.75, 3.05) is 0 Å². The van der Waals surface area contributed by atoms with E-state index in [0.29, 0.717) is 22.9 Å². The maximum atomic E-state index is 13.1. The molecule has 0 bridgehead atoms. The SMILES string of the molecule is Cc1cc(COc2ccc(C(=O)NC(Cc3n[nH]c(=O)s3)C(=O)OCc3ccccc3)cc2)c2ccccc2n1. The minimum Gasteiger partial charge on any atom is -0.489 e. The molecule has 0 aliphatic rings. The van der Waals surface area contributed by atoms with Crippen LogP contribution in [0.2, 0.25) is 0 Å². The monoisotopic (exact) mass is 554 g/mol. The number of hydrogen-bond acceptors (Lipinski definition) is 8. The predicted octanol–water partition coefficient (Wildman–Crippen LogP) is 4.35. The molecule has 1 unspecified atom stereocenters. The number of aromatic nitrogens is 3. The lowest BCUT2D eigenvalue weighted by molar-refractivity contribution is -0.147. The number of benzene rings is 3. The maximum Gasteiger partial charge on any atom is 0.329 e. The zero-order valence-corrected chi connectivity index (χ0v) is 22.4. The fraction of sp³-hybridized carbons (Fsp3) is 0.167. The molecule has 5 rings (SSSR count). The third-order valence-electron chi connectivity index (χ3n) is 6.12. The molecule has 202 valence electrons. The van der Waals surface area contributed by atoms with Crippen LogP contribution in [0.4, 0.5) is 0 Å². The summed E-state index contributed by atoms with van der Waals surface area (Å²) in [4.78, 5) is 41.7. The number of amides is 1. The number of fused-ring (bicyclic) bond motifs is 1. The van der Waals surface area contributed by atoms with Gasteiger partial charge in [0.05, 0.1) is 5.52 Å². The molecule has 3 aromatic carbocycles. The number of aryl methyl sites for hydroxylation is 1. The van der Waals surface area contributed by atoms with E-state index in [0.717, 1.165) is 39.1 Å². The Morgan fingerprint density at radius 2 is 1.73 bits per heavy atom. The summed E-state index contributed by atoms with van der Waals surface area (Å²) in [5.41, 5.74) is 3.99. The second-order valence-electron chi connectivity index (χ2n) is 9.08. The molecule has 0 saturated heterocycles. The molecule has 0 aliphatic carbocycles. The first-order valence-electron chi connectivity index (χ1n) is 12.6. The summed E-state index contributed by atoms with van der Waals surface area (Å²) in [6, 6.07) is 24.7. The number of rotatable bonds is 10. The molecule has 10 heteroatoms. The van der Waals surface area contributed by atoms with E-state index < -0.39 is 17.9 Å². The van der Waals surface area contributed by atoms with Gasteiger partial charge >= 0.3 is 10.8 Å². The van der Waals surface area contributed by atoms with Gasteiger partial charge in [0.2, 0.25) is 0 Å². The highest BCUT2D eigenvalue weighted by Gasteiger charge is 2.25. The van der Waals surface area contributed by atoms with Crippen LogP contribution in [0.15, 0.2) is 89.7 Å². The van der Waals surface area contributed by atoms with E-state index in [1.165, 1.54) is 0 Å². The van der Waals surface area contributed by atoms with Crippen molar-refractivity contribution in [3.05, 3.63) is 122 Å². The standard InChI is InChI=1S/C30H26N4O5S/c1-19-15-22(24-9-5-6-10-25(24)31-19)18-38-23-13-11-21(12-14-23)28(35)32-26(16-27-33-34-30(37)40-27)29(36)39-17-20-7-3-2-4-8-20/h2-15,26H,16-18H2,1H3,(H,32,35)(H,34,37). The van der Waals surface area contributed by atoms with Crippen molar-refractivity contribution in [2.24, 2.45) is 0 Å². The average Bonchev–Trinajstić information content (AvgIpc) is 3.39. The van der Waals surface area contributed by atoms with Gasteiger partial charge in [-0.05, 0) is 48.9 Å². The van der Waals surface area contributed by atoms with Crippen molar-refractivity contribution >= 4 is 34.1 Å². The van der Waals surface area contributed by atoms with E-state index in [2.05, 4.69) is 20.5 Å². The molecule has 9 nitrogen and oxygen atoms in total. The maximum absolute atomic E-state index is 13.1. The molecule has 2 N–H and O–H groups in total. The molecule has 0 spiro atoms. The van der Waals surface area contributed by atoms with Gasteiger partial charge in [0, 0.05) is 28.6 Å². The lowest BCUT2D eigenvalue weighted by Gasteiger charge is -2.17. The van der Waals surface area contributed by atoms with Crippen LogP contribution in [0, 0.1) is 6.92 Å². The Morgan fingerprint density at radius 3 is 2.48 bits per heavy atom. The number of pyridine rings is 1. The molecule has 1 atom stereocenters. The third kappa shape index (κ3) is 6.78. The van der Waals surface area contributed by atoms with Crippen molar-refractivity contribution in [1.29, 1.82) is 0 Å². The summed E-state index contributed by atoms with van der Waals surface area (Å²) in [7, 11) is 0. The molecule has 2 heterocycles. The van der Waals surface area contributed by atoms with Gasteiger partial charge in [-0.2, -0.15) is 5.10 Å². The highest BCUT2D eigenvalue weighted by molar-refractivity contribution is 7.08. The summed E-state index contributed by atoms with van der Waals surface area (Å²) >= 11 is 0.876. The number of carbonyl (C=O) groups excluding carboxylic acids is 2. The summed E-state index contributed by atoms with van der Waals surface area (Å²) in [5.74, 6) is -0.498. The second kappa shape index (κ2) is 12.4. The van der Waals surface area contributed by atoms with Crippen molar-refractivity contribution in [3.63, 3.8) is 0 Å². The number of esters is 1. The normalized spacial score (nSPS) is 11.6. The van der Waals surface area contributed by atoms with Gasteiger partial charge in [0.15, 0.2) is 0 Å². The lowest BCUT2D eigenvalue weighted by Crippen LogP contribution is -2.43. The van der Waals surface area contributed by atoms with E-state index in [1.807, 2.05) is 67.6 Å². The van der Waals surface area contributed by atoms with Crippen LogP contribution < -0.4 is 14.9 Å². The Labute approximate surface area is 233 Å². The van der Waals surface area contributed by atoms with Gasteiger partial charge in [-0.25, -0.2) is 9.89 Å². The first-order valence-corrected chi connectivity index (χ1v) is 13.4. The first-order chi connectivity index (χ1) is 19.4. The highest BCUT2D eigenvalue weighted by atomic mass is 32.1. The zero-order chi connectivity index (χ0) is 27.9. The Kier molecular flexibility index (Phi) is 8.26. The Balaban J connectivity index is 1.24. The summed E-state index contributed by atoms with van der Waals surface area (Å²) in [5, 5.41) is 10.4. The van der Waals surface area contributed by atoms with Crippen molar-refractivity contribution in [1.82, 2.24) is 20.5 Å². The molecule has 0 aliphatic heterocycles. The van der Waals surface area contributed by atoms with Crippen LogP contribution in [0.5, 0.6) is 5.75 Å². The van der Waals surface area contributed by atoms with Gasteiger partial charge in [0.25, 0.3) is 5.91 Å². The predicted molar refractivity (Wildman–Crippen MR) is 151 cm³/mol. The van der Waals surface area contributed by atoms with Crippen LogP contribution in [-0.2, 0) is 29.2 Å². The van der Waals surface area contributed by atoms with Crippen LogP contribution in [0.3, 0.4) is 0 Å². The number of nitrogens with zero attached hydrogens (tertiary/aromatic N) is 2. The molecule has 5 aromatic rings. The molecule has 40 heavy (non-hydrogen) atoms. The lowest BCUT2D eigenvalue weighted by atomic mass is 10.1. The van der Waals surface area contributed by atoms with E-state index in [1.54, 1.807) is 24.3 Å². The number of para-hydroxylation sites is 1. The largest absolute Gasteiger partial charge is 0.489 e. The van der Waals surface area contributed by atoms with Crippen LogP contribution >= 0.6 is 11.3 Å². The van der Waals surface area contributed by atoms with Crippen molar-refractivity contribution < 1.29 is 19.1 Å². The van der Waals surface area contributed by atoms with E-state index in [9.17, 15) is 14.4 Å². The van der Waals surface area contributed by atoms with Gasteiger partial charge in [-0.1, -0.05) is 59.9 Å². The molecule has 2 aromatic heterocycles. The fourth-order valence-electron chi connectivity index (χ4n) is 4.16. The number of carbonyl (C=O) groups is 2. The van der Waals surface area contributed by atoms with Crippen molar-refractivity contribution in [2.45, 2.75) is 32.6 Å². The zero-order valence-electron chi connectivity index (χ0n) is 21.6. The molecular weight excluding hydrogens is 528 g/mol. The van der Waals surface area contributed by atoms with Gasteiger partial charge in [-0.15, -0.1) is 0 Å². The van der Waals surface area contributed by atoms with Gasteiger partial charge in [-0.3, -0.25) is 14.6 Å². The summed E-state index contributed by atoms with van der Waals surface area (Å²) < 4.78 is 11.4. The first kappa shape index (κ1) is 26.8. The third-order valence-corrected chi connectivity index (χ3v) is 6.89. The molecule has 0 fully saturated rings. The van der Waals surface area contributed by atoms with Crippen molar-refractivity contribution in [3.8, 4) is 5.75 Å². The fourth-order valence-corrected chi connectivity index (χ4v) is 4.81. The Morgan fingerprint density at radius 1 is 0.975 bits per heavy atom. The number of hydrogen-bond donors (Lipinski definition) is 2.